The molecule has 2 atom stereocenters. The van der Waals surface area contributed by atoms with Crippen molar-refractivity contribution < 1.29 is 4.79 Å². The number of nitriles is 1. The fourth-order valence-corrected chi connectivity index (χ4v) is 2.12. The van der Waals surface area contributed by atoms with E-state index in [1.54, 1.807) is 29.2 Å². The SMILES string of the molecule is CC1C(C#N)CC(=O)N1c1ccc(Cl)cc1. The maximum Gasteiger partial charge on any atom is 0.228 e. The number of benzene rings is 1. The fourth-order valence-electron chi connectivity index (χ4n) is 2.00. The Morgan fingerprint density at radius 2 is 2.06 bits per heavy atom. The van der Waals surface area contributed by atoms with E-state index in [9.17, 15) is 4.79 Å². The molecule has 0 spiro atoms. The smallest absolute Gasteiger partial charge is 0.228 e. The molecule has 0 radical (unpaired) electrons. The van der Waals surface area contributed by atoms with Crippen LogP contribution in [0.1, 0.15) is 13.3 Å². The molecule has 0 saturated carbocycles. The highest BCUT2D eigenvalue weighted by molar-refractivity contribution is 6.30. The van der Waals surface area contributed by atoms with Crippen LogP contribution in [0.2, 0.25) is 5.02 Å². The molecule has 1 fully saturated rings. The van der Waals surface area contributed by atoms with Gasteiger partial charge in [0, 0.05) is 17.1 Å². The Hall–Kier alpha value is -1.53. The molecule has 1 saturated heterocycles. The summed E-state index contributed by atoms with van der Waals surface area (Å²) in [4.78, 5) is 13.5. The van der Waals surface area contributed by atoms with Crippen LogP contribution in [0.15, 0.2) is 24.3 Å². The zero-order chi connectivity index (χ0) is 11.7. The summed E-state index contributed by atoms with van der Waals surface area (Å²) in [7, 11) is 0. The third-order valence-electron chi connectivity index (χ3n) is 2.92. The number of carbonyl (C=O) groups excluding carboxylic acids is 1. The van der Waals surface area contributed by atoms with Gasteiger partial charge in [-0.25, -0.2) is 0 Å². The van der Waals surface area contributed by atoms with Gasteiger partial charge in [-0.05, 0) is 31.2 Å². The lowest BCUT2D eigenvalue weighted by molar-refractivity contribution is -0.117. The molecule has 16 heavy (non-hydrogen) atoms. The zero-order valence-electron chi connectivity index (χ0n) is 8.85. The highest BCUT2D eigenvalue weighted by Crippen LogP contribution is 2.30. The van der Waals surface area contributed by atoms with Gasteiger partial charge >= 0.3 is 0 Å². The standard InChI is InChI=1S/C12H11ClN2O/c1-8-9(7-14)6-12(16)15(8)11-4-2-10(13)3-5-11/h2-5,8-9H,6H2,1H3. The molecule has 82 valence electrons. The Kier molecular flexibility index (Phi) is 2.84. The van der Waals surface area contributed by atoms with Gasteiger partial charge in [0.25, 0.3) is 0 Å². The minimum absolute atomic E-state index is 0.00127. The highest BCUT2D eigenvalue weighted by Gasteiger charge is 2.37. The Morgan fingerprint density at radius 3 is 2.56 bits per heavy atom. The van der Waals surface area contributed by atoms with Crippen LogP contribution in [0.5, 0.6) is 0 Å². The largest absolute Gasteiger partial charge is 0.308 e. The normalized spacial score (nSPS) is 24.6. The third-order valence-corrected chi connectivity index (χ3v) is 3.18. The van der Waals surface area contributed by atoms with Crippen LogP contribution in [0, 0.1) is 17.2 Å². The summed E-state index contributed by atoms with van der Waals surface area (Å²) in [6.07, 6.45) is 0.306. The second-order valence-electron chi connectivity index (χ2n) is 3.92. The summed E-state index contributed by atoms with van der Waals surface area (Å²) in [6.45, 7) is 1.90. The molecule has 4 heteroatoms. The van der Waals surface area contributed by atoms with E-state index >= 15 is 0 Å². The van der Waals surface area contributed by atoms with Crippen molar-refractivity contribution in [1.82, 2.24) is 0 Å². The summed E-state index contributed by atoms with van der Waals surface area (Å²) in [6, 6.07) is 9.19. The molecule has 1 heterocycles. The predicted molar refractivity (Wildman–Crippen MR) is 62.1 cm³/mol. The quantitative estimate of drug-likeness (QED) is 0.750. The van der Waals surface area contributed by atoms with Crippen LogP contribution in [0.4, 0.5) is 5.69 Å². The van der Waals surface area contributed by atoms with Crippen molar-refractivity contribution in [3.05, 3.63) is 29.3 Å². The molecule has 3 nitrogen and oxygen atoms in total. The molecule has 2 unspecified atom stereocenters. The van der Waals surface area contributed by atoms with E-state index in [0.29, 0.717) is 11.4 Å². The zero-order valence-corrected chi connectivity index (χ0v) is 9.61. The molecular weight excluding hydrogens is 224 g/mol. The van der Waals surface area contributed by atoms with E-state index in [4.69, 9.17) is 16.9 Å². The molecule has 1 aliphatic heterocycles. The lowest BCUT2D eigenvalue weighted by Crippen LogP contribution is -2.32. The van der Waals surface area contributed by atoms with Crippen molar-refractivity contribution >= 4 is 23.2 Å². The minimum atomic E-state index is -0.219. The molecule has 0 bridgehead atoms. The first kappa shape index (κ1) is 11.0. The second kappa shape index (κ2) is 4.15. The van der Waals surface area contributed by atoms with Gasteiger partial charge in [0.1, 0.15) is 0 Å². The number of nitrogens with zero attached hydrogens (tertiary/aromatic N) is 2. The number of carbonyl (C=O) groups is 1. The third kappa shape index (κ3) is 1.77. The topological polar surface area (TPSA) is 44.1 Å². The molecule has 1 aromatic carbocycles. The van der Waals surface area contributed by atoms with Crippen molar-refractivity contribution in [1.29, 1.82) is 5.26 Å². The number of hydrogen-bond donors (Lipinski definition) is 0. The summed E-state index contributed by atoms with van der Waals surface area (Å²) >= 11 is 5.79. The molecule has 1 amide bonds. The summed E-state index contributed by atoms with van der Waals surface area (Å²) in [5, 5.41) is 9.55. The van der Waals surface area contributed by atoms with Gasteiger partial charge in [-0.3, -0.25) is 4.79 Å². The van der Waals surface area contributed by atoms with E-state index in [1.807, 2.05) is 6.92 Å². The average molecular weight is 235 g/mol. The summed E-state index contributed by atoms with van der Waals surface area (Å²) < 4.78 is 0. The van der Waals surface area contributed by atoms with Gasteiger partial charge in [0.15, 0.2) is 0 Å². The van der Waals surface area contributed by atoms with Crippen molar-refractivity contribution in [2.75, 3.05) is 4.90 Å². The van der Waals surface area contributed by atoms with E-state index in [1.165, 1.54) is 0 Å². The maximum absolute atomic E-state index is 11.8. The molecule has 1 aromatic rings. The van der Waals surface area contributed by atoms with Crippen molar-refractivity contribution in [3.8, 4) is 6.07 Å². The number of rotatable bonds is 1. The maximum atomic E-state index is 11.8. The number of amides is 1. The van der Waals surface area contributed by atoms with Gasteiger partial charge in [-0.15, -0.1) is 0 Å². The van der Waals surface area contributed by atoms with E-state index in [0.717, 1.165) is 5.69 Å². The summed E-state index contributed by atoms with van der Waals surface area (Å²) in [5.74, 6) is -0.218. The van der Waals surface area contributed by atoms with Crippen LogP contribution in [0.3, 0.4) is 0 Å². The summed E-state index contributed by atoms with van der Waals surface area (Å²) in [5.41, 5.74) is 0.805. The Morgan fingerprint density at radius 1 is 1.44 bits per heavy atom. The van der Waals surface area contributed by atoms with Gasteiger partial charge in [-0.1, -0.05) is 11.6 Å². The minimum Gasteiger partial charge on any atom is -0.308 e. The molecule has 0 N–H and O–H groups in total. The number of anilines is 1. The lowest BCUT2D eigenvalue weighted by Gasteiger charge is -2.22. The molecular formula is C12H11ClN2O. The van der Waals surface area contributed by atoms with Gasteiger partial charge < -0.3 is 4.90 Å². The molecule has 2 rings (SSSR count). The highest BCUT2D eigenvalue weighted by atomic mass is 35.5. The van der Waals surface area contributed by atoms with Crippen molar-refractivity contribution in [3.63, 3.8) is 0 Å². The van der Waals surface area contributed by atoms with Crippen LogP contribution in [-0.4, -0.2) is 11.9 Å². The Labute approximate surface area is 99.2 Å². The Bertz CT molecular complexity index is 449. The first-order valence-electron chi connectivity index (χ1n) is 5.10. The first-order valence-corrected chi connectivity index (χ1v) is 5.48. The van der Waals surface area contributed by atoms with E-state index < -0.39 is 0 Å². The van der Waals surface area contributed by atoms with Gasteiger partial charge in [0.2, 0.25) is 5.91 Å². The predicted octanol–water partition coefficient (Wildman–Crippen LogP) is 2.60. The van der Waals surface area contributed by atoms with Crippen LogP contribution < -0.4 is 4.90 Å². The van der Waals surface area contributed by atoms with E-state index in [-0.39, 0.29) is 17.9 Å². The van der Waals surface area contributed by atoms with Gasteiger partial charge in [0.05, 0.1) is 18.0 Å². The lowest BCUT2D eigenvalue weighted by atomic mass is 10.0. The average Bonchev–Trinajstić information content (AvgIpc) is 2.56. The number of hydrogen-bond acceptors (Lipinski definition) is 2. The molecule has 0 aromatic heterocycles. The number of halogens is 1. The molecule has 1 aliphatic rings. The van der Waals surface area contributed by atoms with Crippen LogP contribution in [-0.2, 0) is 4.79 Å². The van der Waals surface area contributed by atoms with E-state index in [2.05, 4.69) is 6.07 Å². The first-order chi connectivity index (χ1) is 7.63. The fraction of sp³-hybridized carbons (Fsp3) is 0.333. The Balaban J connectivity index is 2.31. The van der Waals surface area contributed by atoms with Gasteiger partial charge in [-0.2, -0.15) is 5.26 Å². The van der Waals surface area contributed by atoms with Crippen molar-refractivity contribution in [2.45, 2.75) is 19.4 Å². The second-order valence-corrected chi connectivity index (χ2v) is 4.36. The van der Waals surface area contributed by atoms with Crippen LogP contribution in [0.25, 0.3) is 0 Å². The monoisotopic (exact) mass is 234 g/mol. The van der Waals surface area contributed by atoms with Crippen LogP contribution >= 0.6 is 11.6 Å². The molecule has 0 aliphatic carbocycles. The van der Waals surface area contributed by atoms with Crippen molar-refractivity contribution in [2.24, 2.45) is 5.92 Å².